The standard InChI is InChI=1S/C14H18N2O2/c1-10(17)13-3-2-8-16(13)14(18)9-11-4-6-12(15)7-5-11/h4-7,13H,2-3,8-9,15H2,1H3. The molecule has 1 aliphatic heterocycles. The summed E-state index contributed by atoms with van der Waals surface area (Å²) < 4.78 is 0. The molecule has 4 heteroatoms. The van der Waals surface area contributed by atoms with Gasteiger partial charge in [0, 0.05) is 12.2 Å². The van der Waals surface area contributed by atoms with Gasteiger partial charge in [-0.05, 0) is 37.5 Å². The number of hydrogen-bond acceptors (Lipinski definition) is 3. The van der Waals surface area contributed by atoms with Gasteiger partial charge in [-0.2, -0.15) is 0 Å². The van der Waals surface area contributed by atoms with E-state index in [1.807, 2.05) is 12.1 Å². The van der Waals surface area contributed by atoms with Gasteiger partial charge in [0.05, 0.1) is 12.5 Å². The molecule has 1 aliphatic rings. The van der Waals surface area contributed by atoms with Gasteiger partial charge in [-0.15, -0.1) is 0 Å². The molecular formula is C14H18N2O2. The van der Waals surface area contributed by atoms with Crippen molar-refractivity contribution in [2.75, 3.05) is 12.3 Å². The Balaban J connectivity index is 2.03. The van der Waals surface area contributed by atoms with Crippen LogP contribution in [-0.2, 0) is 16.0 Å². The summed E-state index contributed by atoms with van der Waals surface area (Å²) in [5, 5.41) is 0. The largest absolute Gasteiger partial charge is 0.399 e. The average molecular weight is 246 g/mol. The summed E-state index contributed by atoms with van der Waals surface area (Å²) in [4.78, 5) is 25.3. The quantitative estimate of drug-likeness (QED) is 0.820. The normalized spacial score (nSPS) is 18.9. The third kappa shape index (κ3) is 2.70. The lowest BCUT2D eigenvalue weighted by atomic mass is 10.1. The number of hydrogen-bond donors (Lipinski definition) is 1. The van der Waals surface area contributed by atoms with E-state index < -0.39 is 0 Å². The predicted molar refractivity (Wildman–Crippen MR) is 70.0 cm³/mol. The minimum Gasteiger partial charge on any atom is -0.399 e. The number of rotatable bonds is 3. The molecule has 4 nitrogen and oxygen atoms in total. The van der Waals surface area contributed by atoms with Gasteiger partial charge in [-0.1, -0.05) is 12.1 Å². The Labute approximate surface area is 107 Å². The van der Waals surface area contributed by atoms with Crippen molar-refractivity contribution in [1.29, 1.82) is 0 Å². The molecule has 0 saturated carbocycles. The molecule has 1 aromatic rings. The van der Waals surface area contributed by atoms with Crippen LogP contribution in [0.5, 0.6) is 0 Å². The zero-order valence-corrected chi connectivity index (χ0v) is 10.6. The fraction of sp³-hybridized carbons (Fsp3) is 0.429. The molecule has 96 valence electrons. The van der Waals surface area contributed by atoms with E-state index in [0.29, 0.717) is 18.7 Å². The van der Waals surface area contributed by atoms with E-state index in [1.165, 1.54) is 0 Å². The van der Waals surface area contributed by atoms with Crippen molar-refractivity contribution in [3.8, 4) is 0 Å². The fourth-order valence-electron chi connectivity index (χ4n) is 2.40. The molecule has 1 heterocycles. The summed E-state index contributed by atoms with van der Waals surface area (Å²) in [5.74, 6) is 0.107. The summed E-state index contributed by atoms with van der Waals surface area (Å²) in [7, 11) is 0. The van der Waals surface area contributed by atoms with E-state index in [2.05, 4.69) is 0 Å². The fourth-order valence-corrected chi connectivity index (χ4v) is 2.40. The first-order chi connectivity index (χ1) is 8.58. The van der Waals surface area contributed by atoms with Gasteiger partial charge in [0.15, 0.2) is 5.78 Å². The van der Waals surface area contributed by atoms with Crippen LogP contribution in [0.15, 0.2) is 24.3 Å². The topological polar surface area (TPSA) is 63.4 Å². The van der Waals surface area contributed by atoms with Crippen LogP contribution in [0, 0.1) is 0 Å². The van der Waals surface area contributed by atoms with Crippen LogP contribution in [0.2, 0.25) is 0 Å². The minimum absolute atomic E-state index is 0.0254. The van der Waals surface area contributed by atoms with Crippen molar-refractivity contribution < 1.29 is 9.59 Å². The lowest BCUT2D eigenvalue weighted by Crippen LogP contribution is -2.40. The molecule has 1 aromatic carbocycles. The SMILES string of the molecule is CC(=O)C1CCCN1C(=O)Cc1ccc(N)cc1. The monoisotopic (exact) mass is 246 g/mol. The van der Waals surface area contributed by atoms with E-state index in [1.54, 1.807) is 24.0 Å². The van der Waals surface area contributed by atoms with Crippen LogP contribution in [0.1, 0.15) is 25.3 Å². The number of benzene rings is 1. The predicted octanol–water partition coefficient (Wildman–Crippen LogP) is 1.39. The number of nitrogens with two attached hydrogens (primary N) is 1. The third-order valence-corrected chi connectivity index (χ3v) is 3.38. The van der Waals surface area contributed by atoms with Crippen LogP contribution < -0.4 is 5.73 Å². The molecule has 2 N–H and O–H groups in total. The molecule has 1 amide bonds. The second-order valence-electron chi connectivity index (χ2n) is 4.77. The minimum atomic E-state index is -0.216. The number of nitrogens with zero attached hydrogens (tertiary/aromatic N) is 1. The van der Waals surface area contributed by atoms with E-state index in [-0.39, 0.29) is 17.7 Å². The Morgan fingerprint density at radius 1 is 1.33 bits per heavy atom. The maximum absolute atomic E-state index is 12.2. The molecule has 0 aliphatic carbocycles. The molecule has 0 aromatic heterocycles. The van der Waals surface area contributed by atoms with Crippen molar-refractivity contribution in [1.82, 2.24) is 4.90 Å². The lowest BCUT2D eigenvalue weighted by Gasteiger charge is -2.22. The van der Waals surface area contributed by atoms with Crippen molar-refractivity contribution >= 4 is 17.4 Å². The zero-order chi connectivity index (χ0) is 13.1. The van der Waals surface area contributed by atoms with Gasteiger partial charge in [-0.3, -0.25) is 9.59 Å². The highest BCUT2D eigenvalue weighted by Crippen LogP contribution is 2.19. The summed E-state index contributed by atoms with van der Waals surface area (Å²) in [6, 6.07) is 7.06. The van der Waals surface area contributed by atoms with Gasteiger partial charge in [0.2, 0.25) is 5.91 Å². The Hall–Kier alpha value is -1.84. The van der Waals surface area contributed by atoms with Gasteiger partial charge < -0.3 is 10.6 Å². The van der Waals surface area contributed by atoms with Gasteiger partial charge in [0.1, 0.15) is 0 Å². The molecule has 2 rings (SSSR count). The summed E-state index contributed by atoms with van der Waals surface area (Å²) >= 11 is 0. The first-order valence-electron chi connectivity index (χ1n) is 6.22. The Bertz CT molecular complexity index is 453. The summed E-state index contributed by atoms with van der Waals surface area (Å²) in [6.07, 6.45) is 2.05. The van der Waals surface area contributed by atoms with Crippen LogP contribution in [-0.4, -0.2) is 29.2 Å². The Kier molecular flexibility index (Phi) is 3.65. The van der Waals surface area contributed by atoms with Crippen molar-refractivity contribution in [2.24, 2.45) is 0 Å². The summed E-state index contributed by atoms with van der Waals surface area (Å²) in [6.45, 7) is 2.25. The van der Waals surface area contributed by atoms with E-state index >= 15 is 0 Å². The average Bonchev–Trinajstić information content (AvgIpc) is 2.81. The van der Waals surface area contributed by atoms with E-state index in [0.717, 1.165) is 18.4 Å². The molecule has 0 spiro atoms. The number of anilines is 1. The molecule has 0 radical (unpaired) electrons. The number of likely N-dealkylation sites (tertiary alicyclic amines) is 1. The maximum Gasteiger partial charge on any atom is 0.227 e. The second-order valence-corrected chi connectivity index (χ2v) is 4.77. The Morgan fingerprint density at radius 2 is 2.00 bits per heavy atom. The first kappa shape index (κ1) is 12.6. The van der Waals surface area contributed by atoms with Gasteiger partial charge >= 0.3 is 0 Å². The Morgan fingerprint density at radius 3 is 2.61 bits per heavy atom. The molecule has 1 saturated heterocycles. The third-order valence-electron chi connectivity index (χ3n) is 3.38. The van der Waals surface area contributed by atoms with Crippen LogP contribution >= 0.6 is 0 Å². The van der Waals surface area contributed by atoms with Crippen molar-refractivity contribution in [3.05, 3.63) is 29.8 Å². The second kappa shape index (κ2) is 5.21. The van der Waals surface area contributed by atoms with E-state index in [9.17, 15) is 9.59 Å². The number of amides is 1. The zero-order valence-electron chi connectivity index (χ0n) is 10.6. The lowest BCUT2D eigenvalue weighted by molar-refractivity contribution is -0.136. The number of ketones is 1. The highest BCUT2D eigenvalue weighted by Gasteiger charge is 2.31. The molecule has 1 unspecified atom stereocenters. The maximum atomic E-state index is 12.2. The van der Waals surface area contributed by atoms with Crippen LogP contribution in [0.3, 0.4) is 0 Å². The molecule has 0 bridgehead atoms. The van der Waals surface area contributed by atoms with Crippen molar-refractivity contribution in [3.63, 3.8) is 0 Å². The number of nitrogen functional groups attached to an aromatic ring is 1. The molecule has 18 heavy (non-hydrogen) atoms. The van der Waals surface area contributed by atoms with E-state index in [4.69, 9.17) is 5.73 Å². The smallest absolute Gasteiger partial charge is 0.227 e. The first-order valence-corrected chi connectivity index (χ1v) is 6.22. The molecular weight excluding hydrogens is 228 g/mol. The number of carbonyl (C=O) groups excluding carboxylic acids is 2. The highest BCUT2D eigenvalue weighted by atomic mass is 16.2. The van der Waals surface area contributed by atoms with Crippen LogP contribution in [0.25, 0.3) is 0 Å². The van der Waals surface area contributed by atoms with Crippen LogP contribution in [0.4, 0.5) is 5.69 Å². The van der Waals surface area contributed by atoms with Crippen molar-refractivity contribution in [2.45, 2.75) is 32.2 Å². The number of carbonyl (C=O) groups is 2. The molecule has 1 fully saturated rings. The van der Waals surface area contributed by atoms with Gasteiger partial charge in [0.25, 0.3) is 0 Å². The number of Topliss-reactive ketones (excluding diaryl/α,β-unsaturated/α-hetero) is 1. The molecule has 1 atom stereocenters. The highest BCUT2D eigenvalue weighted by molar-refractivity contribution is 5.88. The summed E-state index contributed by atoms with van der Waals surface area (Å²) in [5.41, 5.74) is 7.22. The van der Waals surface area contributed by atoms with Gasteiger partial charge in [-0.25, -0.2) is 0 Å².